The maximum atomic E-state index is 12.5. The molecular weight excluding hydrogens is 408 g/mol. The second-order valence-corrected chi connectivity index (χ2v) is 8.48. The van der Waals surface area contributed by atoms with E-state index in [-0.39, 0.29) is 11.4 Å². The fourth-order valence-electron chi connectivity index (χ4n) is 4.33. The zero-order valence-corrected chi connectivity index (χ0v) is 17.9. The second kappa shape index (κ2) is 9.89. The molecule has 2 fully saturated rings. The number of carbonyl (C=O) groups is 1. The van der Waals surface area contributed by atoms with Gasteiger partial charge in [0.2, 0.25) is 5.91 Å². The molecule has 0 radical (unpaired) electrons. The highest BCUT2D eigenvalue weighted by Crippen LogP contribution is 2.34. The molecule has 1 aliphatic heterocycles. The van der Waals surface area contributed by atoms with Gasteiger partial charge in [-0.05, 0) is 52.9 Å². The number of nitrogens with zero attached hydrogens (tertiary/aromatic N) is 1. The predicted molar refractivity (Wildman–Crippen MR) is 110 cm³/mol. The van der Waals surface area contributed by atoms with Crippen LogP contribution in [0.25, 0.3) is 0 Å². The minimum absolute atomic E-state index is 0.126. The molecule has 27 heavy (non-hydrogen) atoms. The Bertz CT molecular complexity index is 626. The van der Waals surface area contributed by atoms with Crippen molar-refractivity contribution in [2.24, 2.45) is 0 Å². The number of rotatable bonds is 7. The van der Waals surface area contributed by atoms with E-state index < -0.39 is 0 Å². The van der Waals surface area contributed by atoms with Crippen LogP contribution in [0.3, 0.4) is 0 Å². The number of hydrogen-bond acceptors (Lipinski definition) is 4. The standard InChI is InChI=1S/C21H31BrN2O3/c1-26-19-7-5-17(15-18(19)22)6-8-20(25)23-16-21(9-3-2-4-10-21)24-11-13-27-14-12-24/h5,7,15H,2-4,6,8-14,16H2,1H3,(H,23,25). The molecular formula is C21H31BrN2O3. The van der Waals surface area contributed by atoms with E-state index >= 15 is 0 Å². The predicted octanol–water partition coefficient (Wildman–Crippen LogP) is 3.54. The molecule has 1 heterocycles. The fraction of sp³-hybridized carbons (Fsp3) is 0.667. The lowest BCUT2D eigenvalue weighted by atomic mass is 9.79. The van der Waals surface area contributed by atoms with E-state index in [0.717, 1.165) is 55.1 Å². The summed E-state index contributed by atoms with van der Waals surface area (Å²) in [4.78, 5) is 15.1. The van der Waals surface area contributed by atoms with Crippen molar-refractivity contribution >= 4 is 21.8 Å². The quantitative estimate of drug-likeness (QED) is 0.706. The molecule has 0 atom stereocenters. The lowest BCUT2D eigenvalue weighted by molar-refractivity contribution is -0.122. The molecule has 3 rings (SSSR count). The highest BCUT2D eigenvalue weighted by atomic mass is 79.9. The molecule has 1 saturated carbocycles. The monoisotopic (exact) mass is 438 g/mol. The Morgan fingerprint density at radius 1 is 1.26 bits per heavy atom. The molecule has 1 aliphatic carbocycles. The average Bonchev–Trinajstić information content (AvgIpc) is 2.72. The first-order chi connectivity index (χ1) is 13.1. The third kappa shape index (κ3) is 5.46. The van der Waals surface area contributed by atoms with Gasteiger partial charge in [-0.15, -0.1) is 0 Å². The van der Waals surface area contributed by atoms with Crippen LogP contribution in [0.2, 0.25) is 0 Å². The van der Waals surface area contributed by atoms with Gasteiger partial charge in [0.05, 0.1) is 24.8 Å². The molecule has 1 aromatic rings. The van der Waals surface area contributed by atoms with Crippen LogP contribution in [0.5, 0.6) is 5.75 Å². The first-order valence-corrected chi connectivity index (χ1v) is 10.8. The van der Waals surface area contributed by atoms with Crippen molar-refractivity contribution < 1.29 is 14.3 Å². The number of carbonyl (C=O) groups excluding carboxylic acids is 1. The zero-order valence-electron chi connectivity index (χ0n) is 16.3. The normalized spacial score (nSPS) is 20.2. The summed E-state index contributed by atoms with van der Waals surface area (Å²) in [5, 5.41) is 3.24. The molecule has 1 saturated heterocycles. The Kier molecular flexibility index (Phi) is 7.56. The summed E-state index contributed by atoms with van der Waals surface area (Å²) in [6.45, 7) is 4.34. The number of methoxy groups -OCH3 is 1. The molecule has 1 aromatic carbocycles. The molecule has 150 valence electrons. The lowest BCUT2D eigenvalue weighted by Crippen LogP contribution is -2.59. The summed E-state index contributed by atoms with van der Waals surface area (Å²) < 4.78 is 11.7. The molecule has 0 bridgehead atoms. The summed E-state index contributed by atoms with van der Waals surface area (Å²) >= 11 is 3.51. The van der Waals surface area contributed by atoms with Crippen LogP contribution >= 0.6 is 15.9 Å². The maximum Gasteiger partial charge on any atom is 0.220 e. The Morgan fingerprint density at radius 2 is 2.00 bits per heavy atom. The van der Waals surface area contributed by atoms with Crippen LogP contribution in [-0.2, 0) is 16.0 Å². The van der Waals surface area contributed by atoms with Gasteiger partial charge in [-0.3, -0.25) is 9.69 Å². The van der Waals surface area contributed by atoms with Crippen LogP contribution in [0.4, 0.5) is 0 Å². The summed E-state index contributed by atoms with van der Waals surface area (Å²) in [6.07, 6.45) is 7.43. The van der Waals surface area contributed by atoms with Gasteiger partial charge in [-0.2, -0.15) is 0 Å². The molecule has 6 heteroatoms. The first-order valence-electron chi connectivity index (χ1n) is 10.0. The van der Waals surface area contributed by atoms with Crippen molar-refractivity contribution in [3.8, 4) is 5.75 Å². The summed E-state index contributed by atoms with van der Waals surface area (Å²) in [6, 6.07) is 5.99. The zero-order chi connectivity index (χ0) is 19.1. The maximum absolute atomic E-state index is 12.5. The van der Waals surface area contributed by atoms with Gasteiger partial charge < -0.3 is 14.8 Å². The number of amides is 1. The minimum Gasteiger partial charge on any atom is -0.496 e. The van der Waals surface area contributed by atoms with E-state index in [1.807, 2.05) is 18.2 Å². The van der Waals surface area contributed by atoms with Crippen molar-refractivity contribution in [2.75, 3.05) is 40.0 Å². The number of benzene rings is 1. The highest BCUT2D eigenvalue weighted by Gasteiger charge is 2.38. The highest BCUT2D eigenvalue weighted by molar-refractivity contribution is 9.10. The Balaban J connectivity index is 1.52. The van der Waals surface area contributed by atoms with E-state index in [9.17, 15) is 4.79 Å². The molecule has 5 nitrogen and oxygen atoms in total. The number of nitrogens with one attached hydrogen (secondary N) is 1. The average molecular weight is 439 g/mol. The number of ether oxygens (including phenoxy) is 2. The molecule has 1 N–H and O–H groups in total. The van der Waals surface area contributed by atoms with Gasteiger partial charge in [0.15, 0.2) is 0 Å². The van der Waals surface area contributed by atoms with Crippen molar-refractivity contribution in [1.82, 2.24) is 10.2 Å². The van der Waals surface area contributed by atoms with Crippen LogP contribution < -0.4 is 10.1 Å². The first kappa shape index (κ1) is 20.6. The van der Waals surface area contributed by atoms with Gasteiger partial charge in [-0.25, -0.2) is 0 Å². The number of halogens is 1. The minimum atomic E-state index is 0.126. The Hall–Kier alpha value is -1.11. The van der Waals surface area contributed by atoms with Gasteiger partial charge >= 0.3 is 0 Å². The molecule has 0 aromatic heterocycles. The summed E-state index contributed by atoms with van der Waals surface area (Å²) in [5.41, 5.74) is 1.26. The number of aryl methyl sites for hydroxylation is 1. The number of hydrogen-bond donors (Lipinski definition) is 1. The van der Waals surface area contributed by atoms with Crippen molar-refractivity contribution in [3.05, 3.63) is 28.2 Å². The topological polar surface area (TPSA) is 50.8 Å². The van der Waals surface area contributed by atoms with Crippen molar-refractivity contribution in [3.63, 3.8) is 0 Å². The number of morpholine rings is 1. The van der Waals surface area contributed by atoms with Gasteiger partial charge in [0.1, 0.15) is 5.75 Å². The molecule has 1 amide bonds. The largest absolute Gasteiger partial charge is 0.496 e. The Morgan fingerprint density at radius 3 is 2.67 bits per heavy atom. The lowest BCUT2D eigenvalue weighted by Gasteiger charge is -2.48. The van der Waals surface area contributed by atoms with Gasteiger partial charge in [-0.1, -0.05) is 25.3 Å². The van der Waals surface area contributed by atoms with Crippen LogP contribution in [0.15, 0.2) is 22.7 Å². The molecule has 0 unspecified atom stereocenters. The van der Waals surface area contributed by atoms with Gasteiger partial charge in [0.25, 0.3) is 0 Å². The van der Waals surface area contributed by atoms with E-state index in [2.05, 4.69) is 26.1 Å². The van der Waals surface area contributed by atoms with Crippen LogP contribution in [0.1, 0.15) is 44.1 Å². The van der Waals surface area contributed by atoms with E-state index in [1.165, 1.54) is 32.1 Å². The summed E-state index contributed by atoms with van der Waals surface area (Å²) in [7, 11) is 1.66. The smallest absolute Gasteiger partial charge is 0.220 e. The van der Waals surface area contributed by atoms with Crippen LogP contribution in [-0.4, -0.2) is 56.3 Å². The van der Waals surface area contributed by atoms with Gasteiger partial charge in [0, 0.05) is 31.6 Å². The van der Waals surface area contributed by atoms with E-state index in [1.54, 1.807) is 7.11 Å². The molecule has 2 aliphatic rings. The fourth-order valence-corrected chi connectivity index (χ4v) is 4.92. The third-order valence-electron chi connectivity index (χ3n) is 5.94. The van der Waals surface area contributed by atoms with E-state index in [4.69, 9.17) is 9.47 Å². The van der Waals surface area contributed by atoms with Crippen molar-refractivity contribution in [2.45, 2.75) is 50.5 Å². The second-order valence-electron chi connectivity index (χ2n) is 7.63. The van der Waals surface area contributed by atoms with Crippen molar-refractivity contribution in [1.29, 1.82) is 0 Å². The molecule has 0 spiro atoms. The van der Waals surface area contributed by atoms with E-state index in [0.29, 0.717) is 6.42 Å². The third-order valence-corrected chi connectivity index (χ3v) is 6.56. The van der Waals surface area contributed by atoms with Crippen LogP contribution in [0, 0.1) is 0 Å². The SMILES string of the molecule is COc1ccc(CCC(=O)NCC2(N3CCOCC3)CCCCC2)cc1Br. The summed E-state index contributed by atoms with van der Waals surface area (Å²) in [5.74, 6) is 0.952. The Labute approximate surface area is 170 Å².